The van der Waals surface area contributed by atoms with Gasteiger partial charge in [0.25, 0.3) is 0 Å². The van der Waals surface area contributed by atoms with Crippen LogP contribution in [0.4, 0.5) is 0 Å². The van der Waals surface area contributed by atoms with Crippen molar-refractivity contribution < 1.29 is 19.4 Å². The minimum absolute atomic E-state index is 0.0395. The second-order valence-corrected chi connectivity index (χ2v) is 10.9. The van der Waals surface area contributed by atoms with Crippen LogP contribution < -0.4 is 0 Å². The van der Waals surface area contributed by atoms with Gasteiger partial charge in [-0.2, -0.15) is 0 Å². The summed E-state index contributed by atoms with van der Waals surface area (Å²) in [5, 5.41) is 9.99. The van der Waals surface area contributed by atoms with E-state index in [1.807, 2.05) is 34.6 Å². The van der Waals surface area contributed by atoms with Crippen molar-refractivity contribution in [2.75, 3.05) is 7.11 Å². The first kappa shape index (κ1) is 24.9. The van der Waals surface area contributed by atoms with Crippen LogP contribution >= 0.6 is 0 Å². The highest BCUT2D eigenvalue weighted by Gasteiger charge is 2.50. The molecular weight excluding hydrogens is 328 g/mol. The fraction of sp³-hybridized carbons (Fsp3) is 0.909. The van der Waals surface area contributed by atoms with Crippen molar-refractivity contribution in [3.63, 3.8) is 0 Å². The summed E-state index contributed by atoms with van der Waals surface area (Å²) < 4.78 is 5.05. The Bertz CT molecular complexity index is 495. The first-order valence-corrected chi connectivity index (χ1v) is 9.73. The number of hydrogen-bond acceptors (Lipinski definition) is 3. The normalized spacial score (nSPS) is 16.1. The van der Waals surface area contributed by atoms with Gasteiger partial charge in [0, 0.05) is 0 Å². The summed E-state index contributed by atoms with van der Waals surface area (Å²) in [7, 11) is 1.42. The molecule has 0 aromatic rings. The molecule has 4 heteroatoms. The Labute approximate surface area is 161 Å². The predicted octanol–water partition coefficient (Wildman–Crippen LogP) is 5.79. The van der Waals surface area contributed by atoms with Crippen LogP contribution in [0.3, 0.4) is 0 Å². The van der Waals surface area contributed by atoms with Crippen molar-refractivity contribution in [2.45, 2.75) is 88.5 Å². The largest absolute Gasteiger partial charge is 0.481 e. The molecule has 0 aliphatic heterocycles. The van der Waals surface area contributed by atoms with E-state index in [1.54, 1.807) is 0 Å². The Morgan fingerprint density at radius 3 is 1.65 bits per heavy atom. The first-order valence-electron chi connectivity index (χ1n) is 9.73. The molecule has 2 unspecified atom stereocenters. The SMILES string of the molecule is CCC(C)(C)CC(C(=O)O)C(C)(C)C(C)(C)CC(C(=O)OC)C(C)(C)C. The predicted molar refractivity (Wildman–Crippen MR) is 107 cm³/mol. The maximum atomic E-state index is 12.4. The molecule has 0 saturated heterocycles. The van der Waals surface area contributed by atoms with Crippen molar-refractivity contribution in [1.29, 1.82) is 0 Å². The lowest BCUT2D eigenvalue weighted by atomic mass is 9.54. The zero-order valence-corrected chi connectivity index (χ0v) is 18.9. The number of rotatable bonds is 9. The quantitative estimate of drug-likeness (QED) is 0.522. The molecule has 0 saturated carbocycles. The van der Waals surface area contributed by atoms with Gasteiger partial charge in [-0.1, -0.05) is 75.7 Å². The van der Waals surface area contributed by atoms with Gasteiger partial charge in [0.15, 0.2) is 0 Å². The molecule has 2 atom stereocenters. The molecule has 4 nitrogen and oxygen atoms in total. The molecule has 0 fully saturated rings. The van der Waals surface area contributed by atoms with Crippen molar-refractivity contribution in [3.8, 4) is 0 Å². The smallest absolute Gasteiger partial charge is 0.309 e. The highest BCUT2D eigenvalue weighted by Crippen LogP contribution is 2.53. The molecule has 0 spiro atoms. The highest BCUT2D eigenvalue weighted by molar-refractivity contribution is 5.73. The molecule has 0 aliphatic carbocycles. The van der Waals surface area contributed by atoms with Crippen molar-refractivity contribution in [2.24, 2.45) is 33.5 Å². The number of hydrogen-bond donors (Lipinski definition) is 1. The van der Waals surface area contributed by atoms with Gasteiger partial charge in [-0.3, -0.25) is 9.59 Å². The average molecular weight is 371 g/mol. The maximum Gasteiger partial charge on any atom is 0.309 e. The van der Waals surface area contributed by atoms with Gasteiger partial charge in [0.05, 0.1) is 18.9 Å². The Balaban J connectivity index is 5.87. The summed E-state index contributed by atoms with van der Waals surface area (Å²) in [5.74, 6) is -1.74. The molecule has 0 heterocycles. The number of ether oxygens (including phenoxy) is 1. The average Bonchev–Trinajstić information content (AvgIpc) is 2.48. The molecule has 1 N–H and O–H groups in total. The number of methoxy groups -OCH3 is 1. The number of carboxylic acid groups (broad SMARTS) is 1. The minimum Gasteiger partial charge on any atom is -0.481 e. The standard InChI is InChI=1S/C22H42O4/c1-12-20(5,6)13-15(17(23)24)22(9,10)21(7,8)14-16(18(25)26-11)19(2,3)4/h15-16H,12-14H2,1-11H3,(H,23,24). The molecule has 0 radical (unpaired) electrons. The molecule has 0 aromatic heterocycles. The van der Waals surface area contributed by atoms with Crippen LogP contribution in [0, 0.1) is 33.5 Å². The lowest BCUT2D eigenvalue weighted by Gasteiger charge is -2.49. The lowest BCUT2D eigenvalue weighted by Crippen LogP contribution is -2.47. The fourth-order valence-electron chi connectivity index (χ4n) is 3.48. The number of esters is 1. The Hall–Kier alpha value is -1.06. The van der Waals surface area contributed by atoms with E-state index in [0.717, 1.165) is 6.42 Å². The summed E-state index contributed by atoms with van der Waals surface area (Å²) >= 11 is 0. The van der Waals surface area contributed by atoms with Gasteiger partial charge in [-0.25, -0.2) is 0 Å². The molecule has 0 rings (SSSR count). The van der Waals surface area contributed by atoms with Crippen molar-refractivity contribution >= 4 is 11.9 Å². The second kappa shape index (κ2) is 8.31. The van der Waals surface area contributed by atoms with E-state index in [0.29, 0.717) is 12.8 Å². The third-order valence-corrected chi connectivity index (χ3v) is 6.87. The molecule has 154 valence electrons. The van der Waals surface area contributed by atoms with Gasteiger partial charge >= 0.3 is 11.9 Å². The topological polar surface area (TPSA) is 63.6 Å². The fourth-order valence-corrected chi connectivity index (χ4v) is 3.48. The third kappa shape index (κ3) is 5.99. The summed E-state index contributed by atoms with van der Waals surface area (Å²) in [6.07, 6.45) is 2.14. The number of aliphatic carboxylic acids is 1. The van der Waals surface area contributed by atoms with Crippen LogP contribution in [0.2, 0.25) is 0 Å². The van der Waals surface area contributed by atoms with Crippen LogP contribution in [0.25, 0.3) is 0 Å². The van der Waals surface area contributed by atoms with Crippen molar-refractivity contribution in [1.82, 2.24) is 0 Å². The van der Waals surface area contributed by atoms with E-state index in [1.165, 1.54) is 7.11 Å². The molecule has 0 aliphatic rings. The molecular formula is C22H42O4. The zero-order valence-electron chi connectivity index (χ0n) is 18.9. The van der Waals surface area contributed by atoms with Gasteiger partial charge in [-0.05, 0) is 34.5 Å². The van der Waals surface area contributed by atoms with E-state index < -0.39 is 17.3 Å². The number of carbonyl (C=O) groups excluding carboxylic acids is 1. The van der Waals surface area contributed by atoms with Crippen LogP contribution in [0.1, 0.15) is 88.5 Å². The molecule has 0 amide bonds. The number of carboxylic acids is 1. The Morgan fingerprint density at radius 1 is 0.885 bits per heavy atom. The first-order chi connectivity index (χ1) is 11.4. The van der Waals surface area contributed by atoms with Crippen LogP contribution in [0.15, 0.2) is 0 Å². The molecule has 0 aromatic carbocycles. The summed E-state index contributed by atoms with van der Waals surface area (Å²) in [6, 6.07) is 0. The van der Waals surface area contributed by atoms with Crippen LogP contribution in [-0.4, -0.2) is 24.2 Å². The van der Waals surface area contributed by atoms with Crippen molar-refractivity contribution in [3.05, 3.63) is 0 Å². The third-order valence-electron chi connectivity index (χ3n) is 6.87. The monoisotopic (exact) mass is 370 g/mol. The number of carbonyl (C=O) groups is 2. The van der Waals surface area contributed by atoms with E-state index in [-0.39, 0.29) is 28.1 Å². The summed E-state index contributed by atoms with van der Waals surface area (Å²) in [6.45, 7) is 20.7. The van der Waals surface area contributed by atoms with E-state index in [4.69, 9.17) is 4.74 Å². The van der Waals surface area contributed by atoms with E-state index in [2.05, 4.69) is 34.6 Å². The Kier molecular flexibility index (Phi) is 7.97. The van der Waals surface area contributed by atoms with E-state index in [9.17, 15) is 14.7 Å². The van der Waals surface area contributed by atoms with Gasteiger partial charge < -0.3 is 9.84 Å². The molecule has 0 bridgehead atoms. The maximum absolute atomic E-state index is 12.4. The van der Waals surface area contributed by atoms with Gasteiger partial charge in [0.1, 0.15) is 0 Å². The zero-order chi connectivity index (χ0) is 21.1. The van der Waals surface area contributed by atoms with Crippen LogP contribution in [-0.2, 0) is 14.3 Å². The summed E-state index contributed by atoms with van der Waals surface area (Å²) in [4.78, 5) is 24.6. The van der Waals surface area contributed by atoms with E-state index >= 15 is 0 Å². The Morgan fingerprint density at radius 2 is 1.35 bits per heavy atom. The molecule has 26 heavy (non-hydrogen) atoms. The second-order valence-electron chi connectivity index (χ2n) is 10.9. The van der Waals surface area contributed by atoms with Gasteiger partial charge in [0.2, 0.25) is 0 Å². The summed E-state index contributed by atoms with van der Waals surface area (Å²) in [5.41, 5.74) is -1.13. The van der Waals surface area contributed by atoms with Gasteiger partial charge in [-0.15, -0.1) is 0 Å². The van der Waals surface area contributed by atoms with Crippen LogP contribution in [0.5, 0.6) is 0 Å². The minimum atomic E-state index is -0.755. The lowest BCUT2D eigenvalue weighted by molar-refractivity contribution is -0.156. The highest BCUT2D eigenvalue weighted by atomic mass is 16.5.